The maximum absolute atomic E-state index is 9.49. The molecule has 0 aliphatic carbocycles. The molecule has 3 rings (SSSR count). The molecule has 0 fully saturated rings. The zero-order chi connectivity index (χ0) is 15.5. The molecule has 0 unspecified atom stereocenters. The Balaban J connectivity index is 1.92. The molecule has 0 aliphatic heterocycles. The van der Waals surface area contributed by atoms with Crippen LogP contribution in [-0.4, -0.2) is 9.67 Å². The summed E-state index contributed by atoms with van der Waals surface area (Å²) in [4.78, 5) is 0. The summed E-state index contributed by atoms with van der Waals surface area (Å²) < 4.78 is 8.01. The minimum atomic E-state index is 0.207. The van der Waals surface area contributed by atoms with Crippen molar-refractivity contribution in [2.45, 2.75) is 26.6 Å². The van der Waals surface area contributed by atoms with Gasteiger partial charge in [-0.25, -0.2) is 0 Å². The lowest BCUT2D eigenvalue weighted by Gasteiger charge is -2.06. The van der Waals surface area contributed by atoms with Gasteiger partial charge in [0.25, 0.3) is 0 Å². The van der Waals surface area contributed by atoms with E-state index in [9.17, 15) is 5.11 Å². The van der Waals surface area contributed by atoms with Gasteiger partial charge in [0.15, 0.2) is 0 Å². The number of aromatic hydroxyl groups is 1. The number of rotatable bonds is 5. The van der Waals surface area contributed by atoms with Crippen LogP contribution in [0.3, 0.4) is 0 Å². The van der Waals surface area contributed by atoms with Crippen molar-refractivity contribution in [3.63, 3.8) is 0 Å². The number of nitrogens with zero attached hydrogens (tertiary/aromatic N) is 1. The zero-order valence-electron chi connectivity index (χ0n) is 12.6. The Morgan fingerprint density at radius 1 is 1.18 bits per heavy atom. The predicted molar refractivity (Wildman–Crippen MR) is 87.9 cm³/mol. The number of phenolic OH excluding ortho intramolecular Hbond substituents is 1. The van der Waals surface area contributed by atoms with E-state index in [1.165, 1.54) is 10.9 Å². The standard InChI is InChI=1S/C18H20N2O2/c1-2-20-11-14(12-22-16-5-3-4-15(21)9-16)17-8-13(10-19)6-7-18(17)20/h3-9,11,21H,2,10,12,19H2,1H3. The molecule has 0 amide bonds. The summed E-state index contributed by atoms with van der Waals surface area (Å²) in [7, 11) is 0. The molecule has 2 aromatic carbocycles. The Hall–Kier alpha value is -2.46. The van der Waals surface area contributed by atoms with Crippen molar-refractivity contribution in [2.75, 3.05) is 0 Å². The van der Waals surface area contributed by atoms with E-state index in [0.29, 0.717) is 18.9 Å². The summed E-state index contributed by atoms with van der Waals surface area (Å²) in [5, 5.41) is 10.7. The summed E-state index contributed by atoms with van der Waals surface area (Å²) in [5.74, 6) is 0.867. The van der Waals surface area contributed by atoms with Gasteiger partial charge in [0.2, 0.25) is 0 Å². The van der Waals surface area contributed by atoms with Gasteiger partial charge in [-0.15, -0.1) is 0 Å². The number of ether oxygens (including phenoxy) is 1. The van der Waals surface area contributed by atoms with Crippen LogP contribution in [0.5, 0.6) is 11.5 Å². The molecule has 22 heavy (non-hydrogen) atoms. The topological polar surface area (TPSA) is 60.4 Å². The molecule has 114 valence electrons. The Bertz CT molecular complexity index is 793. The smallest absolute Gasteiger partial charge is 0.123 e. The van der Waals surface area contributed by atoms with Crippen LogP contribution >= 0.6 is 0 Å². The Labute approximate surface area is 129 Å². The van der Waals surface area contributed by atoms with Crippen molar-refractivity contribution in [1.82, 2.24) is 4.57 Å². The van der Waals surface area contributed by atoms with E-state index in [-0.39, 0.29) is 5.75 Å². The van der Waals surface area contributed by atoms with Gasteiger partial charge in [0.1, 0.15) is 18.1 Å². The quantitative estimate of drug-likeness (QED) is 0.758. The lowest BCUT2D eigenvalue weighted by Crippen LogP contribution is -1.97. The summed E-state index contributed by atoms with van der Waals surface area (Å²) in [6.07, 6.45) is 2.12. The van der Waals surface area contributed by atoms with E-state index in [0.717, 1.165) is 17.7 Å². The van der Waals surface area contributed by atoms with Crippen LogP contribution in [0.2, 0.25) is 0 Å². The molecular formula is C18H20N2O2. The van der Waals surface area contributed by atoms with Crippen LogP contribution in [-0.2, 0) is 19.7 Å². The Morgan fingerprint density at radius 3 is 2.77 bits per heavy atom. The second-order valence-corrected chi connectivity index (χ2v) is 5.28. The lowest BCUT2D eigenvalue weighted by atomic mass is 10.1. The molecule has 4 nitrogen and oxygen atoms in total. The third kappa shape index (κ3) is 2.78. The van der Waals surface area contributed by atoms with Crippen molar-refractivity contribution >= 4 is 10.9 Å². The third-order valence-corrected chi connectivity index (χ3v) is 3.82. The van der Waals surface area contributed by atoms with E-state index >= 15 is 0 Å². The van der Waals surface area contributed by atoms with Crippen LogP contribution < -0.4 is 10.5 Å². The van der Waals surface area contributed by atoms with Crippen molar-refractivity contribution in [3.8, 4) is 11.5 Å². The Morgan fingerprint density at radius 2 is 2.05 bits per heavy atom. The predicted octanol–water partition coefficient (Wildman–Crippen LogP) is 3.40. The van der Waals surface area contributed by atoms with Gasteiger partial charge in [0.05, 0.1) is 0 Å². The van der Waals surface area contributed by atoms with Crippen LogP contribution in [0.4, 0.5) is 0 Å². The molecule has 1 aromatic heterocycles. The molecule has 0 bridgehead atoms. The van der Waals surface area contributed by atoms with Crippen LogP contribution in [0, 0.1) is 0 Å². The fourth-order valence-electron chi connectivity index (χ4n) is 2.66. The maximum Gasteiger partial charge on any atom is 0.123 e. The van der Waals surface area contributed by atoms with Crippen LogP contribution in [0.1, 0.15) is 18.1 Å². The first-order valence-electron chi connectivity index (χ1n) is 7.43. The zero-order valence-corrected chi connectivity index (χ0v) is 12.6. The molecule has 0 aliphatic rings. The van der Waals surface area contributed by atoms with E-state index in [2.05, 4.69) is 35.9 Å². The second-order valence-electron chi connectivity index (χ2n) is 5.28. The van der Waals surface area contributed by atoms with Crippen molar-refractivity contribution < 1.29 is 9.84 Å². The third-order valence-electron chi connectivity index (χ3n) is 3.82. The normalized spacial score (nSPS) is 11.0. The molecule has 0 saturated carbocycles. The van der Waals surface area contributed by atoms with E-state index in [1.807, 2.05) is 6.07 Å². The first-order valence-corrected chi connectivity index (χ1v) is 7.43. The van der Waals surface area contributed by atoms with Gasteiger partial charge < -0.3 is 20.1 Å². The monoisotopic (exact) mass is 296 g/mol. The average molecular weight is 296 g/mol. The summed E-state index contributed by atoms with van der Waals surface area (Å²) in [6.45, 7) is 4.02. The van der Waals surface area contributed by atoms with E-state index in [1.54, 1.807) is 18.2 Å². The number of fused-ring (bicyclic) bond motifs is 1. The van der Waals surface area contributed by atoms with Gasteiger partial charge >= 0.3 is 0 Å². The minimum absolute atomic E-state index is 0.207. The molecule has 0 saturated heterocycles. The molecule has 1 heterocycles. The van der Waals surface area contributed by atoms with Crippen LogP contribution in [0.15, 0.2) is 48.7 Å². The minimum Gasteiger partial charge on any atom is -0.508 e. The second kappa shape index (κ2) is 6.12. The van der Waals surface area contributed by atoms with Crippen molar-refractivity contribution in [1.29, 1.82) is 0 Å². The molecule has 4 heteroatoms. The number of phenols is 1. The molecule has 3 aromatic rings. The number of nitrogens with two attached hydrogens (primary N) is 1. The van der Waals surface area contributed by atoms with Crippen molar-refractivity contribution in [3.05, 3.63) is 59.8 Å². The highest BCUT2D eigenvalue weighted by molar-refractivity contribution is 5.84. The summed E-state index contributed by atoms with van der Waals surface area (Å²) in [6, 6.07) is 13.2. The average Bonchev–Trinajstić information content (AvgIpc) is 2.90. The highest BCUT2D eigenvalue weighted by atomic mass is 16.5. The fraction of sp³-hybridized carbons (Fsp3) is 0.222. The van der Waals surface area contributed by atoms with E-state index in [4.69, 9.17) is 10.5 Å². The first kappa shape index (κ1) is 14.5. The fourth-order valence-corrected chi connectivity index (χ4v) is 2.66. The van der Waals surface area contributed by atoms with Crippen molar-refractivity contribution in [2.24, 2.45) is 5.73 Å². The maximum atomic E-state index is 9.49. The highest BCUT2D eigenvalue weighted by Crippen LogP contribution is 2.25. The molecular weight excluding hydrogens is 276 g/mol. The lowest BCUT2D eigenvalue weighted by molar-refractivity contribution is 0.305. The molecule has 0 radical (unpaired) electrons. The molecule has 3 N–H and O–H groups in total. The summed E-state index contributed by atoms with van der Waals surface area (Å²) >= 11 is 0. The number of benzene rings is 2. The first-order chi connectivity index (χ1) is 10.7. The van der Waals surface area contributed by atoms with Gasteiger partial charge in [0, 0.05) is 41.8 Å². The van der Waals surface area contributed by atoms with Gasteiger partial charge in [-0.05, 0) is 36.8 Å². The summed E-state index contributed by atoms with van der Waals surface area (Å²) in [5.41, 5.74) is 9.17. The largest absolute Gasteiger partial charge is 0.508 e. The number of hydrogen-bond donors (Lipinski definition) is 2. The number of aromatic nitrogens is 1. The Kier molecular flexibility index (Phi) is 4.02. The highest BCUT2D eigenvalue weighted by Gasteiger charge is 2.09. The van der Waals surface area contributed by atoms with Crippen LogP contribution in [0.25, 0.3) is 10.9 Å². The van der Waals surface area contributed by atoms with Gasteiger partial charge in [-0.2, -0.15) is 0 Å². The van der Waals surface area contributed by atoms with E-state index < -0.39 is 0 Å². The molecule has 0 atom stereocenters. The van der Waals surface area contributed by atoms with Gasteiger partial charge in [-0.3, -0.25) is 0 Å². The number of hydrogen-bond acceptors (Lipinski definition) is 3. The SMILES string of the molecule is CCn1cc(COc2cccc(O)c2)c2cc(CN)ccc21. The number of aryl methyl sites for hydroxylation is 1. The molecule has 0 spiro atoms. The van der Waals surface area contributed by atoms with Gasteiger partial charge in [-0.1, -0.05) is 12.1 Å².